The molecule has 0 unspecified atom stereocenters. The fourth-order valence-corrected chi connectivity index (χ4v) is 2.01. The lowest BCUT2D eigenvalue weighted by Crippen LogP contribution is -1.92. The molecule has 100 valence electrons. The van der Waals surface area contributed by atoms with Gasteiger partial charge in [-0.1, -0.05) is 6.07 Å². The van der Waals surface area contributed by atoms with Crippen molar-refractivity contribution in [2.45, 2.75) is 13.8 Å². The van der Waals surface area contributed by atoms with E-state index in [9.17, 15) is 10.1 Å². The second-order valence-corrected chi connectivity index (χ2v) is 4.56. The molecule has 2 heterocycles. The monoisotopic (exact) mass is 269 g/mol. The first-order valence-corrected chi connectivity index (χ1v) is 6.04. The average Bonchev–Trinajstić information content (AvgIpc) is 2.84. The molecule has 20 heavy (non-hydrogen) atoms. The summed E-state index contributed by atoms with van der Waals surface area (Å²) in [5, 5.41) is 11.0. The van der Waals surface area contributed by atoms with E-state index in [0.29, 0.717) is 28.2 Å². The second-order valence-electron chi connectivity index (χ2n) is 4.56. The van der Waals surface area contributed by atoms with Crippen molar-refractivity contribution in [3.8, 4) is 11.5 Å². The Morgan fingerprint density at radius 1 is 1.20 bits per heavy atom. The Hall–Kier alpha value is -2.76. The van der Waals surface area contributed by atoms with Crippen LogP contribution in [0.15, 0.2) is 34.9 Å². The molecule has 0 saturated heterocycles. The van der Waals surface area contributed by atoms with E-state index in [1.165, 1.54) is 6.07 Å². The van der Waals surface area contributed by atoms with E-state index in [-0.39, 0.29) is 5.69 Å². The fourth-order valence-electron chi connectivity index (χ4n) is 2.01. The molecule has 3 aromatic rings. The van der Waals surface area contributed by atoms with Gasteiger partial charge >= 0.3 is 0 Å². The number of hydrogen-bond donors (Lipinski definition) is 0. The van der Waals surface area contributed by atoms with Gasteiger partial charge in [0.2, 0.25) is 11.6 Å². The van der Waals surface area contributed by atoms with Crippen molar-refractivity contribution in [3.05, 3.63) is 51.7 Å². The summed E-state index contributed by atoms with van der Waals surface area (Å²) in [6.45, 7) is 3.60. The zero-order valence-corrected chi connectivity index (χ0v) is 11.0. The Bertz CT molecular complexity index is 824. The highest BCUT2D eigenvalue weighted by atomic mass is 16.6. The minimum atomic E-state index is -0.412. The third-order valence-electron chi connectivity index (χ3n) is 3.15. The lowest BCUT2D eigenvalue weighted by Gasteiger charge is -1.99. The molecule has 0 spiro atoms. The van der Waals surface area contributed by atoms with Crippen LogP contribution in [0, 0.1) is 24.0 Å². The largest absolute Gasteiger partial charge is 0.418 e. The van der Waals surface area contributed by atoms with Crippen LogP contribution in [-0.4, -0.2) is 14.9 Å². The molecule has 0 saturated carbocycles. The molecule has 0 fully saturated rings. The van der Waals surface area contributed by atoms with Crippen molar-refractivity contribution in [1.29, 1.82) is 0 Å². The number of benzene rings is 1. The smallest absolute Gasteiger partial charge is 0.273 e. The van der Waals surface area contributed by atoms with E-state index < -0.39 is 4.92 Å². The minimum Gasteiger partial charge on any atom is -0.418 e. The van der Waals surface area contributed by atoms with Gasteiger partial charge in [-0.15, -0.1) is 0 Å². The van der Waals surface area contributed by atoms with Crippen LogP contribution >= 0.6 is 0 Å². The topological polar surface area (TPSA) is 82.1 Å². The average molecular weight is 269 g/mol. The highest BCUT2D eigenvalue weighted by Crippen LogP contribution is 2.28. The highest BCUT2D eigenvalue weighted by Gasteiger charge is 2.16. The Morgan fingerprint density at radius 3 is 2.70 bits per heavy atom. The molecular weight excluding hydrogens is 258 g/mol. The van der Waals surface area contributed by atoms with Crippen molar-refractivity contribution < 1.29 is 9.34 Å². The van der Waals surface area contributed by atoms with E-state index >= 15 is 0 Å². The van der Waals surface area contributed by atoms with Gasteiger partial charge in [-0.05, 0) is 31.5 Å². The number of aromatic nitrogens is 2. The molecule has 0 aliphatic rings. The van der Waals surface area contributed by atoms with Crippen molar-refractivity contribution in [2.75, 3.05) is 0 Å². The van der Waals surface area contributed by atoms with Gasteiger partial charge in [0, 0.05) is 23.4 Å². The lowest BCUT2D eigenvalue weighted by atomic mass is 10.1. The summed E-state index contributed by atoms with van der Waals surface area (Å²) in [5.74, 6) is 0.338. The summed E-state index contributed by atoms with van der Waals surface area (Å²) < 4.78 is 5.56. The SMILES string of the molecule is Cc1ccc(-c2nc3c(C)ccnc3o2)cc1[N+](=O)[O-]. The quantitative estimate of drug-likeness (QED) is 0.526. The fraction of sp³-hybridized carbons (Fsp3) is 0.143. The van der Waals surface area contributed by atoms with E-state index in [1.54, 1.807) is 25.3 Å². The van der Waals surface area contributed by atoms with Crippen LogP contribution in [0.25, 0.3) is 22.7 Å². The molecule has 1 aromatic carbocycles. The Balaban J connectivity index is 2.18. The van der Waals surface area contributed by atoms with Crippen LogP contribution in [0.3, 0.4) is 0 Å². The van der Waals surface area contributed by atoms with Crippen molar-refractivity contribution in [1.82, 2.24) is 9.97 Å². The summed E-state index contributed by atoms with van der Waals surface area (Å²) in [6.07, 6.45) is 1.64. The molecule has 6 heteroatoms. The molecule has 0 aliphatic carbocycles. The van der Waals surface area contributed by atoms with Crippen LogP contribution in [0.5, 0.6) is 0 Å². The Kier molecular flexibility index (Phi) is 2.71. The van der Waals surface area contributed by atoms with Crippen LogP contribution < -0.4 is 0 Å². The van der Waals surface area contributed by atoms with Gasteiger partial charge in [-0.2, -0.15) is 0 Å². The van der Waals surface area contributed by atoms with Gasteiger partial charge < -0.3 is 4.42 Å². The van der Waals surface area contributed by atoms with E-state index in [1.807, 2.05) is 13.0 Å². The minimum absolute atomic E-state index is 0.0504. The van der Waals surface area contributed by atoms with Gasteiger partial charge in [-0.3, -0.25) is 10.1 Å². The first-order chi connectivity index (χ1) is 9.56. The van der Waals surface area contributed by atoms with Crippen LogP contribution in [0.2, 0.25) is 0 Å². The van der Waals surface area contributed by atoms with E-state index in [2.05, 4.69) is 9.97 Å². The maximum Gasteiger partial charge on any atom is 0.273 e. The van der Waals surface area contributed by atoms with Crippen molar-refractivity contribution in [2.24, 2.45) is 0 Å². The summed E-state index contributed by atoms with van der Waals surface area (Å²) in [7, 11) is 0. The summed E-state index contributed by atoms with van der Waals surface area (Å²) in [4.78, 5) is 19.0. The van der Waals surface area contributed by atoms with Crippen LogP contribution in [0.1, 0.15) is 11.1 Å². The molecule has 0 N–H and O–H groups in total. The molecule has 0 radical (unpaired) electrons. The number of aryl methyl sites for hydroxylation is 2. The number of oxazole rings is 1. The van der Waals surface area contributed by atoms with Gasteiger partial charge in [-0.25, -0.2) is 9.97 Å². The predicted octanol–water partition coefficient (Wildman–Crippen LogP) is 3.41. The lowest BCUT2D eigenvalue weighted by molar-refractivity contribution is -0.385. The molecule has 3 rings (SSSR count). The van der Waals surface area contributed by atoms with Crippen LogP contribution in [0.4, 0.5) is 5.69 Å². The highest BCUT2D eigenvalue weighted by molar-refractivity contribution is 5.76. The van der Waals surface area contributed by atoms with Gasteiger partial charge in [0.05, 0.1) is 4.92 Å². The molecule has 0 amide bonds. The number of nitro benzene ring substituents is 1. The maximum atomic E-state index is 11.0. The van der Waals surface area contributed by atoms with Crippen LogP contribution in [-0.2, 0) is 0 Å². The number of fused-ring (bicyclic) bond motifs is 1. The number of hydrogen-bond acceptors (Lipinski definition) is 5. The van der Waals surface area contributed by atoms with Gasteiger partial charge in [0.15, 0.2) is 0 Å². The zero-order chi connectivity index (χ0) is 14.3. The molecule has 0 aliphatic heterocycles. The first kappa shape index (κ1) is 12.3. The third-order valence-corrected chi connectivity index (χ3v) is 3.15. The van der Waals surface area contributed by atoms with E-state index in [4.69, 9.17) is 4.42 Å². The predicted molar refractivity (Wildman–Crippen MR) is 73.4 cm³/mol. The standard InChI is InChI=1S/C14H11N3O3/c1-8-3-4-10(7-11(8)17(18)19)13-16-12-9(2)5-6-15-14(12)20-13/h3-7H,1-2H3. The number of nitrogens with zero attached hydrogens (tertiary/aromatic N) is 3. The van der Waals surface area contributed by atoms with Crippen molar-refractivity contribution >= 4 is 16.9 Å². The van der Waals surface area contributed by atoms with E-state index in [0.717, 1.165) is 5.56 Å². The summed E-state index contributed by atoms with van der Waals surface area (Å²) >= 11 is 0. The van der Waals surface area contributed by atoms with Crippen molar-refractivity contribution in [3.63, 3.8) is 0 Å². The maximum absolute atomic E-state index is 11.0. The van der Waals surface area contributed by atoms with Gasteiger partial charge in [0.25, 0.3) is 5.69 Å². The third kappa shape index (κ3) is 1.91. The number of nitro groups is 1. The Labute approximate surface area is 114 Å². The normalized spacial score (nSPS) is 10.9. The molecule has 0 bridgehead atoms. The zero-order valence-electron chi connectivity index (χ0n) is 11.0. The number of pyridine rings is 1. The molecule has 0 atom stereocenters. The number of rotatable bonds is 2. The first-order valence-electron chi connectivity index (χ1n) is 6.04. The molecule has 2 aromatic heterocycles. The molecule has 6 nitrogen and oxygen atoms in total. The second kappa shape index (κ2) is 4.41. The molecular formula is C14H11N3O3. The summed E-state index contributed by atoms with van der Waals surface area (Å²) in [6, 6.07) is 6.74. The van der Waals surface area contributed by atoms with Gasteiger partial charge in [0.1, 0.15) is 5.52 Å². The summed E-state index contributed by atoms with van der Waals surface area (Å²) in [5.41, 5.74) is 3.28. The Morgan fingerprint density at radius 2 is 2.00 bits per heavy atom.